The van der Waals surface area contributed by atoms with Crippen LogP contribution >= 0.6 is 11.6 Å². The Morgan fingerprint density at radius 2 is 1.95 bits per heavy atom. The molecule has 0 bridgehead atoms. The van der Waals surface area contributed by atoms with Gasteiger partial charge < -0.3 is 0 Å². The smallest absolute Gasteiger partial charge is 0.261 e. The lowest BCUT2D eigenvalue weighted by molar-refractivity contribution is 0.601. The van der Waals surface area contributed by atoms with Gasteiger partial charge in [0.25, 0.3) is 10.0 Å². The number of hydrogen-bond donors (Lipinski definition) is 1. The zero-order valence-electron chi connectivity index (χ0n) is 10.6. The fourth-order valence-electron chi connectivity index (χ4n) is 1.64. The molecule has 2 rings (SSSR count). The van der Waals surface area contributed by atoms with Crippen LogP contribution in [-0.4, -0.2) is 8.42 Å². The first-order valence-corrected chi connectivity index (χ1v) is 7.57. The summed E-state index contributed by atoms with van der Waals surface area (Å²) >= 11 is 5.86. The van der Waals surface area contributed by atoms with Crippen molar-refractivity contribution >= 4 is 27.3 Å². The molecule has 2 aromatic carbocycles. The van der Waals surface area contributed by atoms with E-state index in [1.807, 2.05) is 6.07 Å². The number of hydrogen-bond acceptors (Lipinski definition) is 3. The van der Waals surface area contributed by atoms with Gasteiger partial charge >= 0.3 is 0 Å². The molecule has 0 aromatic heterocycles. The summed E-state index contributed by atoms with van der Waals surface area (Å²) in [6, 6.07) is 12.7. The second-order valence-electron chi connectivity index (χ2n) is 4.20. The third-order valence-electron chi connectivity index (χ3n) is 2.72. The fraction of sp³-hybridized carbons (Fsp3) is 0.0714. The van der Waals surface area contributed by atoms with Gasteiger partial charge in [-0.15, -0.1) is 0 Å². The first-order chi connectivity index (χ1) is 9.42. The van der Waals surface area contributed by atoms with Crippen LogP contribution in [0.1, 0.15) is 11.1 Å². The molecule has 0 atom stereocenters. The number of nitrogens with zero attached hydrogens (tertiary/aromatic N) is 1. The largest absolute Gasteiger partial charge is 0.279 e. The lowest BCUT2D eigenvalue weighted by atomic mass is 10.2. The summed E-state index contributed by atoms with van der Waals surface area (Å²) in [5.41, 5.74) is 1.46. The molecule has 6 heteroatoms. The third kappa shape index (κ3) is 3.10. The normalized spacial score (nSPS) is 10.8. The number of nitriles is 1. The number of nitrogens with one attached hydrogen (secondary N) is 1. The molecule has 1 N–H and O–H groups in total. The predicted molar refractivity (Wildman–Crippen MR) is 78.2 cm³/mol. The zero-order valence-corrected chi connectivity index (χ0v) is 12.2. The molecule has 0 unspecified atom stereocenters. The van der Waals surface area contributed by atoms with Crippen molar-refractivity contribution in [1.82, 2.24) is 0 Å². The van der Waals surface area contributed by atoms with Gasteiger partial charge in [0.05, 0.1) is 22.2 Å². The van der Waals surface area contributed by atoms with E-state index in [1.54, 1.807) is 31.2 Å². The van der Waals surface area contributed by atoms with Crippen LogP contribution in [0.4, 0.5) is 5.69 Å². The van der Waals surface area contributed by atoms with Crippen molar-refractivity contribution < 1.29 is 8.42 Å². The molecule has 0 aliphatic heterocycles. The van der Waals surface area contributed by atoms with Gasteiger partial charge in [-0.25, -0.2) is 8.42 Å². The lowest BCUT2D eigenvalue weighted by Gasteiger charge is -2.11. The van der Waals surface area contributed by atoms with Crippen LogP contribution in [0, 0.1) is 18.3 Å². The average molecular weight is 307 g/mol. The first-order valence-electron chi connectivity index (χ1n) is 5.71. The van der Waals surface area contributed by atoms with Gasteiger partial charge in [-0.3, -0.25) is 4.72 Å². The van der Waals surface area contributed by atoms with E-state index in [9.17, 15) is 8.42 Å². The molecule has 0 amide bonds. The van der Waals surface area contributed by atoms with Crippen molar-refractivity contribution in [1.29, 1.82) is 5.26 Å². The topological polar surface area (TPSA) is 70.0 Å². The molecular formula is C14H11ClN2O2S. The van der Waals surface area contributed by atoms with Gasteiger partial charge in [-0.2, -0.15) is 5.26 Å². The highest BCUT2D eigenvalue weighted by Crippen LogP contribution is 2.23. The summed E-state index contributed by atoms with van der Waals surface area (Å²) in [4.78, 5) is 0.0379. The van der Waals surface area contributed by atoms with E-state index in [4.69, 9.17) is 16.9 Å². The quantitative estimate of drug-likeness (QED) is 0.945. The molecular weight excluding hydrogens is 296 g/mol. The minimum atomic E-state index is -3.74. The van der Waals surface area contributed by atoms with E-state index in [-0.39, 0.29) is 10.5 Å². The van der Waals surface area contributed by atoms with Crippen LogP contribution in [0.2, 0.25) is 5.02 Å². The number of aryl methyl sites for hydroxylation is 1. The summed E-state index contributed by atoms with van der Waals surface area (Å²) in [5, 5.41) is 9.26. The molecule has 4 nitrogen and oxygen atoms in total. The highest BCUT2D eigenvalue weighted by Gasteiger charge is 2.15. The van der Waals surface area contributed by atoms with Crippen LogP contribution in [0.25, 0.3) is 0 Å². The van der Waals surface area contributed by atoms with Crippen molar-refractivity contribution in [2.45, 2.75) is 11.8 Å². The number of anilines is 1. The Bertz CT molecular complexity index is 795. The second kappa shape index (κ2) is 5.53. The molecule has 2 aromatic rings. The highest BCUT2D eigenvalue weighted by atomic mass is 35.5. The van der Waals surface area contributed by atoms with E-state index < -0.39 is 10.0 Å². The van der Waals surface area contributed by atoms with E-state index in [1.165, 1.54) is 18.2 Å². The van der Waals surface area contributed by atoms with E-state index in [2.05, 4.69) is 4.72 Å². The molecule has 0 spiro atoms. The molecule has 0 saturated heterocycles. The first kappa shape index (κ1) is 14.4. The van der Waals surface area contributed by atoms with Crippen LogP contribution in [0.15, 0.2) is 47.4 Å². The summed E-state index contributed by atoms with van der Waals surface area (Å²) < 4.78 is 27.0. The maximum Gasteiger partial charge on any atom is 0.261 e. The van der Waals surface area contributed by atoms with Gasteiger partial charge in [0, 0.05) is 5.02 Å². The van der Waals surface area contributed by atoms with Crippen molar-refractivity contribution in [2.24, 2.45) is 0 Å². The van der Waals surface area contributed by atoms with Crippen LogP contribution in [-0.2, 0) is 10.0 Å². The second-order valence-corrected chi connectivity index (χ2v) is 6.32. The fourth-order valence-corrected chi connectivity index (χ4v) is 2.98. The SMILES string of the molecule is Cc1ccc(Cl)cc1NS(=O)(=O)c1cccc(C#N)c1. The summed E-state index contributed by atoms with van der Waals surface area (Å²) in [6.07, 6.45) is 0. The van der Waals surface area contributed by atoms with Crippen LogP contribution < -0.4 is 4.72 Å². The maximum absolute atomic E-state index is 12.3. The van der Waals surface area contributed by atoms with Crippen molar-refractivity contribution in [3.05, 3.63) is 58.6 Å². The van der Waals surface area contributed by atoms with Gasteiger partial charge in [-0.1, -0.05) is 23.7 Å². The minimum Gasteiger partial charge on any atom is -0.279 e. The highest BCUT2D eigenvalue weighted by molar-refractivity contribution is 7.92. The van der Waals surface area contributed by atoms with E-state index >= 15 is 0 Å². The minimum absolute atomic E-state index is 0.0379. The summed E-state index contributed by atoms with van der Waals surface area (Å²) in [5.74, 6) is 0. The van der Waals surface area contributed by atoms with Crippen molar-refractivity contribution in [2.75, 3.05) is 4.72 Å². The Hall–Kier alpha value is -2.03. The molecule has 0 fully saturated rings. The third-order valence-corrected chi connectivity index (χ3v) is 4.32. The number of sulfonamides is 1. The Balaban J connectivity index is 2.41. The molecule has 0 heterocycles. The molecule has 0 radical (unpaired) electrons. The molecule has 20 heavy (non-hydrogen) atoms. The van der Waals surface area contributed by atoms with Gasteiger partial charge in [0.2, 0.25) is 0 Å². The Morgan fingerprint density at radius 3 is 2.65 bits per heavy atom. The zero-order chi connectivity index (χ0) is 14.8. The van der Waals surface area contributed by atoms with Crippen LogP contribution in [0.3, 0.4) is 0 Å². The van der Waals surface area contributed by atoms with E-state index in [0.717, 1.165) is 5.56 Å². The molecule has 0 saturated carbocycles. The summed E-state index contributed by atoms with van der Waals surface area (Å²) in [6.45, 7) is 1.78. The molecule has 0 aliphatic rings. The number of halogens is 1. The van der Waals surface area contributed by atoms with Crippen molar-refractivity contribution in [3.8, 4) is 6.07 Å². The summed E-state index contributed by atoms with van der Waals surface area (Å²) in [7, 11) is -3.74. The molecule has 0 aliphatic carbocycles. The van der Waals surface area contributed by atoms with Crippen molar-refractivity contribution in [3.63, 3.8) is 0 Å². The Morgan fingerprint density at radius 1 is 1.20 bits per heavy atom. The maximum atomic E-state index is 12.3. The number of benzene rings is 2. The predicted octanol–water partition coefficient (Wildman–Crippen LogP) is 3.32. The average Bonchev–Trinajstić information content (AvgIpc) is 2.43. The van der Waals surface area contributed by atoms with E-state index in [0.29, 0.717) is 10.7 Å². The molecule has 102 valence electrons. The van der Waals surface area contributed by atoms with Gasteiger partial charge in [0.15, 0.2) is 0 Å². The lowest BCUT2D eigenvalue weighted by Crippen LogP contribution is -2.13. The standard InChI is InChI=1S/C14H11ClN2O2S/c1-10-5-6-12(15)8-14(10)17-20(18,19)13-4-2-3-11(7-13)9-16/h2-8,17H,1H3. The van der Waals surface area contributed by atoms with Gasteiger partial charge in [0.1, 0.15) is 0 Å². The van der Waals surface area contributed by atoms with Gasteiger partial charge in [-0.05, 0) is 42.8 Å². The van der Waals surface area contributed by atoms with Crippen LogP contribution in [0.5, 0.6) is 0 Å². The Kier molecular flexibility index (Phi) is 3.98. The number of rotatable bonds is 3. The monoisotopic (exact) mass is 306 g/mol. The Labute approximate surface area is 122 Å².